The molecule has 0 bridgehead atoms. The van der Waals surface area contributed by atoms with E-state index < -0.39 is 17.9 Å². The van der Waals surface area contributed by atoms with E-state index in [1.807, 2.05) is 30.3 Å². The van der Waals surface area contributed by atoms with Gasteiger partial charge in [-0.05, 0) is 67.8 Å². The van der Waals surface area contributed by atoms with Crippen molar-refractivity contribution in [1.82, 2.24) is 25.1 Å². The molecule has 1 saturated heterocycles. The molecule has 0 saturated carbocycles. The van der Waals surface area contributed by atoms with Crippen LogP contribution in [0, 0.1) is 5.41 Å². The van der Waals surface area contributed by atoms with Gasteiger partial charge in [-0.25, -0.2) is 9.97 Å². The fourth-order valence-corrected chi connectivity index (χ4v) is 6.87. The Morgan fingerprint density at radius 1 is 0.966 bits per heavy atom. The Labute approximate surface area is 341 Å². The SMILES string of the molecule is CNC(=O)CCC(C=O)N1C(=O)c2cccc(NCCOCCOCC(=O)N3CCCC(Nc4ncnc(N)c4C(=N)c4ccc(Oc5ccccc5)cc4)C3)c2C1=O. The van der Waals surface area contributed by atoms with Crippen LogP contribution in [0.3, 0.4) is 0 Å². The molecule has 0 spiro atoms. The van der Waals surface area contributed by atoms with E-state index in [-0.39, 0.29) is 79.8 Å². The molecule has 1 fully saturated rings. The van der Waals surface area contributed by atoms with E-state index in [9.17, 15) is 24.0 Å². The van der Waals surface area contributed by atoms with E-state index in [0.717, 1.165) is 17.7 Å². The average molecular weight is 806 g/mol. The third-order valence-electron chi connectivity index (χ3n) is 9.90. The largest absolute Gasteiger partial charge is 0.457 e. The maximum Gasteiger partial charge on any atom is 0.264 e. The number of fused-ring (bicyclic) bond motifs is 1. The summed E-state index contributed by atoms with van der Waals surface area (Å²) in [5.41, 5.74) is 8.17. The number of nitrogens with two attached hydrogens (primary N) is 1. The third kappa shape index (κ3) is 10.4. The standard InChI is InChI=1S/C42H47N9O8/c1-45-34(53)17-14-29(24-52)51-41(55)32-10-5-11-33(36(32)42(51)56)46-18-20-57-21-22-58-25-35(54)50-19-6-7-28(23-50)49-40-37(39(44)47-26-48-40)38(43)27-12-15-31(16-13-27)59-30-8-3-2-4-9-30/h2-5,8-13,15-16,24,26,28-29,43,46H,6-7,14,17-23,25H2,1H3,(H,45,53)(H3,44,47,48,49). The fraction of sp³-hybridized carbons (Fsp3) is 0.333. The number of rotatable bonds is 20. The highest BCUT2D eigenvalue weighted by molar-refractivity contribution is 6.24. The number of amides is 4. The molecular formula is C42H47N9O8. The van der Waals surface area contributed by atoms with Crippen molar-refractivity contribution in [3.05, 3.63) is 101 Å². The zero-order valence-electron chi connectivity index (χ0n) is 32.6. The number of ether oxygens (including phenoxy) is 3. The number of nitrogens with one attached hydrogen (secondary N) is 4. The van der Waals surface area contributed by atoms with Crippen LogP contribution in [0.25, 0.3) is 0 Å². The van der Waals surface area contributed by atoms with Crippen molar-refractivity contribution in [2.24, 2.45) is 0 Å². The Bertz CT molecular complexity index is 2150. The van der Waals surface area contributed by atoms with Gasteiger partial charge in [-0.1, -0.05) is 24.3 Å². The molecule has 3 heterocycles. The predicted octanol–water partition coefficient (Wildman–Crippen LogP) is 3.51. The highest BCUT2D eigenvalue weighted by atomic mass is 16.5. The first-order valence-corrected chi connectivity index (χ1v) is 19.3. The number of piperidine rings is 1. The summed E-state index contributed by atoms with van der Waals surface area (Å²) in [5, 5.41) is 17.9. The molecule has 6 rings (SSSR count). The summed E-state index contributed by atoms with van der Waals surface area (Å²) in [5.74, 6) is 0.254. The second-order valence-electron chi connectivity index (χ2n) is 13.8. The lowest BCUT2D eigenvalue weighted by Gasteiger charge is -2.33. The van der Waals surface area contributed by atoms with E-state index in [4.69, 9.17) is 25.4 Å². The average Bonchev–Trinajstić information content (AvgIpc) is 3.51. The summed E-state index contributed by atoms with van der Waals surface area (Å²) in [6.07, 6.45) is 3.40. The van der Waals surface area contributed by atoms with Crippen molar-refractivity contribution in [2.75, 3.05) is 69.5 Å². The summed E-state index contributed by atoms with van der Waals surface area (Å²) in [6, 6.07) is 20.2. The van der Waals surface area contributed by atoms with Crippen molar-refractivity contribution < 1.29 is 38.2 Å². The number of aromatic nitrogens is 2. The lowest BCUT2D eigenvalue weighted by molar-refractivity contribution is -0.137. The summed E-state index contributed by atoms with van der Waals surface area (Å²) >= 11 is 0. The molecule has 59 heavy (non-hydrogen) atoms. The Morgan fingerprint density at radius 3 is 2.49 bits per heavy atom. The van der Waals surface area contributed by atoms with E-state index in [2.05, 4.69) is 25.9 Å². The number of para-hydroxylation sites is 1. The summed E-state index contributed by atoms with van der Waals surface area (Å²) in [6.45, 7) is 1.82. The number of benzene rings is 3. The van der Waals surface area contributed by atoms with E-state index >= 15 is 0 Å². The van der Waals surface area contributed by atoms with Gasteiger partial charge in [0.1, 0.15) is 42.4 Å². The van der Waals surface area contributed by atoms with Crippen LogP contribution in [0.4, 0.5) is 17.3 Å². The van der Waals surface area contributed by atoms with Gasteiger partial charge in [0.25, 0.3) is 11.8 Å². The summed E-state index contributed by atoms with van der Waals surface area (Å²) < 4.78 is 17.2. The minimum atomic E-state index is -1.06. The third-order valence-corrected chi connectivity index (χ3v) is 9.90. The van der Waals surface area contributed by atoms with Crippen LogP contribution >= 0.6 is 0 Å². The molecule has 17 nitrogen and oxygen atoms in total. The molecule has 6 N–H and O–H groups in total. The zero-order chi connectivity index (χ0) is 41.7. The highest BCUT2D eigenvalue weighted by Crippen LogP contribution is 2.31. The van der Waals surface area contributed by atoms with Crippen molar-refractivity contribution in [3.63, 3.8) is 0 Å². The Morgan fingerprint density at radius 2 is 1.73 bits per heavy atom. The predicted molar refractivity (Wildman–Crippen MR) is 219 cm³/mol. The first-order chi connectivity index (χ1) is 28.7. The van der Waals surface area contributed by atoms with Gasteiger partial charge in [0.05, 0.1) is 48.3 Å². The van der Waals surface area contributed by atoms with E-state index in [0.29, 0.717) is 60.1 Å². The molecule has 4 aromatic rings. The molecule has 2 atom stereocenters. The lowest BCUT2D eigenvalue weighted by atomic mass is 10.0. The normalized spacial score (nSPS) is 15.3. The molecule has 308 valence electrons. The number of carbonyl (C=O) groups excluding carboxylic acids is 5. The molecule has 0 radical (unpaired) electrons. The number of imide groups is 1. The molecule has 2 aliphatic rings. The molecule has 0 aliphatic carbocycles. The fourth-order valence-electron chi connectivity index (χ4n) is 6.87. The van der Waals surface area contributed by atoms with Crippen LogP contribution in [-0.4, -0.2) is 121 Å². The zero-order valence-corrected chi connectivity index (χ0v) is 32.6. The summed E-state index contributed by atoms with van der Waals surface area (Å²) in [7, 11) is 1.47. The number of anilines is 3. The number of nitrogens with zero attached hydrogens (tertiary/aromatic N) is 4. The van der Waals surface area contributed by atoms with Gasteiger partial charge in [0.2, 0.25) is 11.8 Å². The van der Waals surface area contributed by atoms with E-state index in [1.54, 1.807) is 41.3 Å². The minimum Gasteiger partial charge on any atom is -0.457 e. The van der Waals surface area contributed by atoms with Crippen LogP contribution < -0.4 is 26.4 Å². The van der Waals surface area contributed by atoms with Gasteiger partial charge in [-0.15, -0.1) is 0 Å². The van der Waals surface area contributed by atoms with Crippen LogP contribution in [0.2, 0.25) is 0 Å². The van der Waals surface area contributed by atoms with Crippen molar-refractivity contribution >= 4 is 52.9 Å². The van der Waals surface area contributed by atoms with Gasteiger partial charge in [-0.3, -0.25) is 29.5 Å². The molecule has 2 aliphatic heterocycles. The monoisotopic (exact) mass is 805 g/mol. The van der Waals surface area contributed by atoms with Gasteiger partial charge < -0.3 is 45.6 Å². The van der Waals surface area contributed by atoms with Crippen molar-refractivity contribution in [2.45, 2.75) is 37.8 Å². The van der Waals surface area contributed by atoms with Gasteiger partial charge >= 0.3 is 0 Å². The topological polar surface area (TPSA) is 231 Å². The van der Waals surface area contributed by atoms with Crippen molar-refractivity contribution in [3.8, 4) is 11.5 Å². The number of likely N-dealkylation sites (tertiary alicyclic amines) is 1. The second kappa shape index (κ2) is 20.1. The molecule has 1 aromatic heterocycles. The smallest absolute Gasteiger partial charge is 0.264 e. The number of hydrogen-bond acceptors (Lipinski definition) is 14. The first kappa shape index (κ1) is 41.9. The molecule has 4 amide bonds. The van der Waals surface area contributed by atoms with E-state index in [1.165, 1.54) is 19.4 Å². The highest BCUT2D eigenvalue weighted by Gasteiger charge is 2.41. The maximum atomic E-state index is 13.3. The number of hydrogen-bond donors (Lipinski definition) is 5. The quantitative estimate of drug-likeness (QED) is 0.0373. The minimum absolute atomic E-state index is 0.00971. The molecular weight excluding hydrogens is 759 g/mol. The van der Waals surface area contributed by atoms with Gasteiger partial charge in [-0.2, -0.15) is 0 Å². The van der Waals surface area contributed by atoms with Crippen LogP contribution in [-0.2, 0) is 23.9 Å². The van der Waals surface area contributed by atoms with Crippen molar-refractivity contribution in [1.29, 1.82) is 5.41 Å². The van der Waals surface area contributed by atoms with Crippen LogP contribution in [0.1, 0.15) is 57.5 Å². The van der Waals surface area contributed by atoms with Gasteiger partial charge in [0.15, 0.2) is 0 Å². The Kier molecular flexibility index (Phi) is 14.3. The molecule has 17 heteroatoms. The first-order valence-electron chi connectivity index (χ1n) is 19.3. The molecule has 3 aromatic carbocycles. The maximum absolute atomic E-state index is 13.3. The Hall–Kier alpha value is -6.72. The van der Waals surface area contributed by atoms with Crippen LogP contribution in [0.5, 0.6) is 11.5 Å². The number of carbonyl (C=O) groups is 5. The van der Waals surface area contributed by atoms with Crippen LogP contribution in [0.15, 0.2) is 79.1 Å². The summed E-state index contributed by atoms with van der Waals surface area (Å²) in [4.78, 5) is 74.1. The lowest BCUT2D eigenvalue weighted by Crippen LogP contribution is -2.46. The Balaban J connectivity index is 0.922. The number of aldehydes is 1. The molecule has 2 unspecified atom stereocenters. The number of nitrogen functional groups attached to an aromatic ring is 1. The second-order valence-corrected chi connectivity index (χ2v) is 13.8. The van der Waals surface area contributed by atoms with Gasteiger partial charge in [0, 0.05) is 50.4 Å².